The summed E-state index contributed by atoms with van der Waals surface area (Å²) in [6, 6.07) is 4.41. The van der Waals surface area contributed by atoms with Crippen LogP contribution in [0.25, 0.3) is 0 Å². The molecule has 0 atom stereocenters. The highest BCUT2D eigenvalue weighted by Crippen LogP contribution is 2.33. The minimum Gasteiger partial charge on any atom is -0.384 e. The molecule has 1 fully saturated rings. The molecule has 3 N–H and O–H groups in total. The van der Waals surface area contributed by atoms with Crippen molar-refractivity contribution in [1.29, 1.82) is 5.41 Å². The molecule has 0 spiro atoms. The van der Waals surface area contributed by atoms with Crippen LogP contribution in [-0.4, -0.2) is 23.4 Å². The van der Waals surface area contributed by atoms with Crippen LogP contribution in [0.15, 0.2) is 12.1 Å². The van der Waals surface area contributed by atoms with Gasteiger partial charge in [0.1, 0.15) is 11.7 Å². The Bertz CT molecular complexity index is 449. The van der Waals surface area contributed by atoms with Gasteiger partial charge < -0.3 is 10.6 Å². The number of nitrogen functional groups attached to an aromatic ring is 1. The molecular weight excluding hydrogens is 224 g/mol. The molecule has 0 amide bonds. The van der Waals surface area contributed by atoms with Gasteiger partial charge in [-0.2, -0.15) is 0 Å². The third-order valence-corrected chi connectivity index (χ3v) is 3.13. The zero-order valence-corrected chi connectivity index (χ0v) is 11.4. The molecule has 0 unspecified atom stereocenters. The number of hydrogen-bond donors (Lipinski definition) is 2. The summed E-state index contributed by atoms with van der Waals surface area (Å²) in [5, 5.41) is 7.69. The third-order valence-electron chi connectivity index (χ3n) is 3.13. The number of anilines is 1. The molecule has 0 aliphatic heterocycles. The van der Waals surface area contributed by atoms with Crippen LogP contribution in [0.3, 0.4) is 0 Å². The zero-order valence-electron chi connectivity index (χ0n) is 11.4. The van der Waals surface area contributed by atoms with Crippen LogP contribution in [0.2, 0.25) is 0 Å². The smallest absolute Gasteiger partial charge is 0.140 e. The van der Waals surface area contributed by atoms with E-state index in [0.29, 0.717) is 12.0 Å². The molecule has 1 aliphatic carbocycles. The Hall–Kier alpha value is -1.58. The quantitative estimate of drug-likeness (QED) is 0.619. The van der Waals surface area contributed by atoms with Crippen molar-refractivity contribution in [3.05, 3.63) is 23.4 Å². The molecule has 4 heteroatoms. The molecule has 18 heavy (non-hydrogen) atoms. The lowest BCUT2D eigenvalue weighted by molar-refractivity contribution is 0.602. The summed E-state index contributed by atoms with van der Waals surface area (Å²) >= 11 is 0. The normalized spacial score (nSPS) is 14.9. The van der Waals surface area contributed by atoms with Crippen molar-refractivity contribution in [2.75, 3.05) is 11.4 Å². The van der Waals surface area contributed by atoms with Crippen LogP contribution < -0.4 is 10.6 Å². The SMILES string of the molecule is Cc1ccc(C(=N)N)c(N(CC(C)C)C2CC2)n1. The van der Waals surface area contributed by atoms with Crippen molar-refractivity contribution in [2.24, 2.45) is 11.7 Å². The summed E-state index contributed by atoms with van der Waals surface area (Å²) in [4.78, 5) is 6.94. The zero-order chi connectivity index (χ0) is 13.3. The molecule has 1 aliphatic rings. The fourth-order valence-electron chi connectivity index (χ4n) is 2.16. The molecule has 0 saturated heterocycles. The number of hydrogen-bond acceptors (Lipinski definition) is 3. The predicted octanol–water partition coefficient (Wildman–Crippen LogP) is 2.30. The van der Waals surface area contributed by atoms with Crippen molar-refractivity contribution >= 4 is 11.7 Å². The summed E-state index contributed by atoms with van der Waals surface area (Å²) in [7, 11) is 0. The Morgan fingerprint density at radius 2 is 2.17 bits per heavy atom. The van der Waals surface area contributed by atoms with E-state index in [1.54, 1.807) is 0 Å². The first-order valence-corrected chi connectivity index (χ1v) is 6.57. The van der Waals surface area contributed by atoms with E-state index in [2.05, 4.69) is 23.7 Å². The Labute approximate surface area is 109 Å². The molecule has 1 saturated carbocycles. The van der Waals surface area contributed by atoms with Crippen LogP contribution in [0.4, 0.5) is 5.82 Å². The molecule has 4 nitrogen and oxygen atoms in total. The molecule has 0 bridgehead atoms. The molecule has 2 rings (SSSR count). The number of nitrogens with zero attached hydrogens (tertiary/aromatic N) is 2. The van der Waals surface area contributed by atoms with Gasteiger partial charge in [-0.05, 0) is 37.8 Å². The number of rotatable bonds is 5. The van der Waals surface area contributed by atoms with E-state index >= 15 is 0 Å². The number of pyridine rings is 1. The number of aromatic nitrogens is 1. The van der Waals surface area contributed by atoms with Crippen LogP contribution in [0.5, 0.6) is 0 Å². The standard InChI is InChI=1S/C14H22N4/c1-9(2)8-18(11-5-6-11)14-12(13(15)16)7-4-10(3)17-14/h4,7,9,11H,5-6,8H2,1-3H3,(H3,15,16). The molecule has 98 valence electrons. The predicted molar refractivity (Wildman–Crippen MR) is 75.2 cm³/mol. The van der Waals surface area contributed by atoms with E-state index in [4.69, 9.17) is 11.1 Å². The van der Waals surface area contributed by atoms with Crippen LogP contribution >= 0.6 is 0 Å². The average Bonchev–Trinajstić information content (AvgIpc) is 3.08. The lowest BCUT2D eigenvalue weighted by Crippen LogP contribution is -2.33. The van der Waals surface area contributed by atoms with Crippen LogP contribution in [0.1, 0.15) is 37.9 Å². The van der Waals surface area contributed by atoms with Gasteiger partial charge in [0.2, 0.25) is 0 Å². The van der Waals surface area contributed by atoms with Gasteiger partial charge in [0.15, 0.2) is 0 Å². The second-order valence-corrected chi connectivity index (χ2v) is 5.51. The third kappa shape index (κ3) is 2.81. The number of nitrogens with one attached hydrogen (secondary N) is 1. The topological polar surface area (TPSA) is 66.0 Å². The average molecular weight is 246 g/mol. The van der Waals surface area contributed by atoms with Crippen LogP contribution in [0, 0.1) is 18.3 Å². The first-order chi connectivity index (χ1) is 8.49. The highest BCUT2D eigenvalue weighted by atomic mass is 15.2. The van der Waals surface area contributed by atoms with E-state index < -0.39 is 0 Å². The van der Waals surface area contributed by atoms with Gasteiger partial charge in [-0.15, -0.1) is 0 Å². The van der Waals surface area contributed by atoms with E-state index in [1.807, 2.05) is 19.1 Å². The van der Waals surface area contributed by atoms with Crippen molar-refractivity contribution < 1.29 is 0 Å². The fraction of sp³-hybridized carbons (Fsp3) is 0.571. The largest absolute Gasteiger partial charge is 0.384 e. The lowest BCUT2D eigenvalue weighted by atomic mass is 10.1. The number of aryl methyl sites for hydroxylation is 1. The first kappa shape index (κ1) is 12.9. The van der Waals surface area contributed by atoms with Gasteiger partial charge in [0, 0.05) is 18.3 Å². The maximum atomic E-state index is 7.69. The maximum Gasteiger partial charge on any atom is 0.140 e. The van der Waals surface area contributed by atoms with Gasteiger partial charge >= 0.3 is 0 Å². The van der Waals surface area contributed by atoms with Crippen molar-refractivity contribution in [3.8, 4) is 0 Å². The summed E-state index contributed by atoms with van der Waals surface area (Å²) in [5.74, 6) is 1.57. The summed E-state index contributed by atoms with van der Waals surface area (Å²) in [6.07, 6.45) is 2.44. The summed E-state index contributed by atoms with van der Waals surface area (Å²) in [5.41, 5.74) is 7.40. The van der Waals surface area contributed by atoms with Crippen molar-refractivity contribution in [3.63, 3.8) is 0 Å². The highest BCUT2D eigenvalue weighted by Gasteiger charge is 2.32. The molecule has 1 aromatic heterocycles. The highest BCUT2D eigenvalue weighted by molar-refractivity contribution is 5.99. The molecule has 1 aromatic rings. The van der Waals surface area contributed by atoms with Crippen molar-refractivity contribution in [2.45, 2.75) is 39.7 Å². The second-order valence-electron chi connectivity index (χ2n) is 5.51. The fourth-order valence-corrected chi connectivity index (χ4v) is 2.16. The molecular formula is C14H22N4. The molecule has 0 aromatic carbocycles. The molecule has 0 radical (unpaired) electrons. The first-order valence-electron chi connectivity index (χ1n) is 6.57. The minimum absolute atomic E-state index is 0.104. The van der Waals surface area contributed by atoms with Gasteiger partial charge in [-0.1, -0.05) is 13.8 Å². The van der Waals surface area contributed by atoms with Gasteiger partial charge in [-0.3, -0.25) is 5.41 Å². The molecule has 1 heterocycles. The van der Waals surface area contributed by atoms with E-state index in [-0.39, 0.29) is 5.84 Å². The Balaban J connectivity index is 2.38. The van der Waals surface area contributed by atoms with E-state index in [0.717, 1.165) is 23.6 Å². The monoisotopic (exact) mass is 246 g/mol. The number of nitrogens with two attached hydrogens (primary N) is 1. The Morgan fingerprint density at radius 3 is 2.67 bits per heavy atom. The van der Waals surface area contributed by atoms with Crippen LogP contribution in [-0.2, 0) is 0 Å². The Morgan fingerprint density at radius 1 is 1.50 bits per heavy atom. The second kappa shape index (κ2) is 4.96. The van der Waals surface area contributed by atoms with Gasteiger partial charge in [-0.25, -0.2) is 4.98 Å². The summed E-state index contributed by atoms with van der Waals surface area (Å²) < 4.78 is 0. The van der Waals surface area contributed by atoms with Gasteiger partial charge in [0.25, 0.3) is 0 Å². The lowest BCUT2D eigenvalue weighted by Gasteiger charge is -2.27. The van der Waals surface area contributed by atoms with E-state index in [9.17, 15) is 0 Å². The van der Waals surface area contributed by atoms with E-state index in [1.165, 1.54) is 12.8 Å². The minimum atomic E-state index is 0.104. The Kier molecular flexibility index (Phi) is 3.55. The van der Waals surface area contributed by atoms with Crippen molar-refractivity contribution in [1.82, 2.24) is 4.98 Å². The van der Waals surface area contributed by atoms with Gasteiger partial charge in [0.05, 0.1) is 5.56 Å². The summed E-state index contributed by atoms with van der Waals surface area (Å²) in [6.45, 7) is 7.37. The maximum absolute atomic E-state index is 7.69. The number of amidine groups is 1.